The molecule has 4 heteroatoms. The summed E-state index contributed by atoms with van der Waals surface area (Å²) in [5, 5.41) is 3.79. The normalized spacial score (nSPS) is 24.1. The van der Waals surface area contributed by atoms with Crippen LogP contribution in [0.5, 0.6) is 0 Å². The summed E-state index contributed by atoms with van der Waals surface area (Å²) in [5.41, 5.74) is 0. The van der Waals surface area contributed by atoms with Crippen LogP contribution in [0.25, 0.3) is 0 Å². The fourth-order valence-corrected chi connectivity index (χ4v) is 4.47. The van der Waals surface area contributed by atoms with Crippen molar-refractivity contribution in [3.8, 4) is 0 Å². The number of imidazole rings is 1. The first kappa shape index (κ1) is 15.9. The lowest BCUT2D eigenvalue weighted by Crippen LogP contribution is -2.47. The highest BCUT2D eigenvalue weighted by Crippen LogP contribution is 2.41. The summed E-state index contributed by atoms with van der Waals surface area (Å²) in [7, 11) is 0. The molecule has 1 aromatic rings. The van der Waals surface area contributed by atoms with Crippen molar-refractivity contribution in [2.24, 2.45) is 0 Å². The van der Waals surface area contributed by atoms with Gasteiger partial charge in [0.05, 0.1) is 0 Å². The van der Waals surface area contributed by atoms with Crippen LogP contribution >= 0.6 is 11.8 Å². The summed E-state index contributed by atoms with van der Waals surface area (Å²) in [6.45, 7) is 9.09. The second kappa shape index (κ2) is 7.51. The van der Waals surface area contributed by atoms with Crippen molar-refractivity contribution < 1.29 is 0 Å². The van der Waals surface area contributed by atoms with E-state index in [4.69, 9.17) is 0 Å². The molecule has 2 heterocycles. The lowest BCUT2D eigenvalue weighted by Gasteiger charge is -2.34. The zero-order chi connectivity index (χ0) is 14.4. The van der Waals surface area contributed by atoms with Gasteiger partial charge in [-0.3, -0.25) is 0 Å². The van der Waals surface area contributed by atoms with E-state index in [9.17, 15) is 0 Å². The number of nitrogens with zero attached hydrogens (tertiary/aromatic N) is 2. The van der Waals surface area contributed by atoms with Crippen LogP contribution in [0, 0.1) is 0 Å². The van der Waals surface area contributed by atoms with Crippen LogP contribution in [0.1, 0.15) is 52.3 Å². The Balaban J connectivity index is 2.08. The third-order valence-corrected chi connectivity index (χ3v) is 5.92. The molecule has 0 aliphatic carbocycles. The summed E-state index contributed by atoms with van der Waals surface area (Å²) in [5.74, 6) is 2.55. The van der Waals surface area contributed by atoms with Crippen molar-refractivity contribution in [2.75, 3.05) is 12.3 Å². The molecule has 2 atom stereocenters. The Morgan fingerprint density at radius 3 is 2.95 bits per heavy atom. The largest absolute Gasteiger partial charge is 0.335 e. The van der Waals surface area contributed by atoms with Gasteiger partial charge in [0.25, 0.3) is 0 Å². The lowest BCUT2D eigenvalue weighted by molar-refractivity contribution is 0.388. The molecule has 2 rings (SSSR count). The van der Waals surface area contributed by atoms with Gasteiger partial charge in [0.15, 0.2) is 0 Å². The molecule has 0 radical (unpaired) electrons. The Labute approximate surface area is 127 Å². The first-order valence-electron chi connectivity index (χ1n) is 8.07. The fraction of sp³-hybridized carbons (Fsp3) is 0.812. The summed E-state index contributed by atoms with van der Waals surface area (Å²) >= 11 is 2.14. The summed E-state index contributed by atoms with van der Waals surface area (Å²) in [6.07, 6.45) is 10.2. The topological polar surface area (TPSA) is 29.9 Å². The van der Waals surface area contributed by atoms with E-state index in [0.717, 1.165) is 19.5 Å². The minimum absolute atomic E-state index is 0.373. The summed E-state index contributed by atoms with van der Waals surface area (Å²) in [4.78, 5) is 4.60. The molecule has 114 valence electrons. The second-order valence-electron chi connectivity index (χ2n) is 6.01. The average Bonchev–Trinajstić information content (AvgIpc) is 3.05. The number of nitrogens with one attached hydrogen (secondary N) is 1. The van der Waals surface area contributed by atoms with Gasteiger partial charge in [0.2, 0.25) is 0 Å². The van der Waals surface area contributed by atoms with Crippen LogP contribution in [0.15, 0.2) is 12.4 Å². The monoisotopic (exact) mass is 295 g/mol. The molecule has 0 aromatic carbocycles. The lowest BCUT2D eigenvalue weighted by atomic mass is 9.93. The van der Waals surface area contributed by atoms with E-state index < -0.39 is 0 Å². The summed E-state index contributed by atoms with van der Waals surface area (Å²) < 4.78 is 2.70. The van der Waals surface area contributed by atoms with Gasteiger partial charge < -0.3 is 9.88 Å². The van der Waals surface area contributed by atoms with Crippen molar-refractivity contribution in [2.45, 2.75) is 70.2 Å². The highest BCUT2D eigenvalue weighted by atomic mass is 32.2. The van der Waals surface area contributed by atoms with Crippen molar-refractivity contribution in [3.05, 3.63) is 18.2 Å². The zero-order valence-electron chi connectivity index (χ0n) is 13.2. The second-order valence-corrected chi connectivity index (χ2v) is 7.64. The highest BCUT2D eigenvalue weighted by Gasteiger charge is 2.38. The van der Waals surface area contributed by atoms with E-state index >= 15 is 0 Å². The van der Waals surface area contributed by atoms with Gasteiger partial charge in [-0.25, -0.2) is 4.98 Å². The third kappa shape index (κ3) is 3.79. The molecule has 1 aliphatic rings. The summed E-state index contributed by atoms with van der Waals surface area (Å²) in [6, 6.07) is 0.535. The van der Waals surface area contributed by atoms with Crippen molar-refractivity contribution in [1.29, 1.82) is 0 Å². The van der Waals surface area contributed by atoms with Crippen LogP contribution in [-0.2, 0) is 13.0 Å². The van der Waals surface area contributed by atoms with E-state index in [1.807, 2.05) is 6.20 Å². The van der Waals surface area contributed by atoms with Crippen LogP contribution < -0.4 is 5.32 Å². The van der Waals surface area contributed by atoms with Gasteiger partial charge in [-0.15, -0.1) is 0 Å². The minimum atomic E-state index is 0.373. The smallest absolute Gasteiger partial charge is 0.110 e. The van der Waals surface area contributed by atoms with E-state index in [1.165, 1.54) is 37.3 Å². The molecule has 0 saturated carbocycles. The number of aromatic nitrogens is 2. The predicted molar refractivity (Wildman–Crippen MR) is 88.4 cm³/mol. The molecule has 1 N–H and O–H groups in total. The standard InChI is InChI=1S/C16H29N3S/c1-4-8-17-14(16(3)7-6-12-20-16)13-15-18-9-11-19(15)10-5-2/h9,11,14,17H,4-8,10,12-13H2,1-3H3. The van der Waals surface area contributed by atoms with Crippen LogP contribution in [0.4, 0.5) is 0 Å². The van der Waals surface area contributed by atoms with Gasteiger partial charge in [0, 0.05) is 36.1 Å². The maximum atomic E-state index is 4.60. The van der Waals surface area contributed by atoms with E-state index in [2.05, 4.69) is 53.6 Å². The van der Waals surface area contributed by atoms with Crippen LogP contribution in [0.2, 0.25) is 0 Å². The molecule has 0 bridgehead atoms. The van der Waals surface area contributed by atoms with Gasteiger partial charge in [0.1, 0.15) is 5.82 Å². The molecular formula is C16H29N3S. The maximum absolute atomic E-state index is 4.60. The van der Waals surface area contributed by atoms with Gasteiger partial charge in [-0.05, 0) is 44.9 Å². The molecule has 0 amide bonds. The average molecular weight is 295 g/mol. The zero-order valence-corrected chi connectivity index (χ0v) is 14.0. The van der Waals surface area contributed by atoms with E-state index in [1.54, 1.807) is 0 Å². The third-order valence-electron chi connectivity index (χ3n) is 4.28. The molecule has 1 aliphatic heterocycles. The Morgan fingerprint density at radius 1 is 1.45 bits per heavy atom. The van der Waals surface area contributed by atoms with Crippen LogP contribution in [0.3, 0.4) is 0 Å². The molecule has 0 spiro atoms. The predicted octanol–water partition coefficient (Wildman–Crippen LogP) is 3.49. The number of thioether (sulfide) groups is 1. The SMILES string of the molecule is CCCNC(Cc1nccn1CCC)C1(C)CCCS1. The van der Waals surface area contributed by atoms with Gasteiger partial charge in [-0.2, -0.15) is 11.8 Å². The van der Waals surface area contributed by atoms with Crippen molar-refractivity contribution in [1.82, 2.24) is 14.9 Å². The number of rotatable bonds is 8. The maximum Gasteiger partial charge on any atom is 0.110 e. The molecule has 2 unspecified atom stereocenters. The molecule has 1 aromatic heterocycles. The Hall–Kier alpha value is -0.480. The Bertz CT molecular complexity index is 396. The number of hydrogen-bond acceptors (Lipinski definition) is 3. The van der Waals surface area contributed by atoms with Crippen molar-refractivity contribution in [3.63, 3.8) is 0 Å². The molecular weight excluding hydrogens is 266 g/mol. The Morgan fingerprint density at radius 2 is 2.30 bits per heavy atom. The van der Waals surface area contributed by atoms with Crippen molar-refractivity contribution >= 4 is 11.8 Å². The van der Waals surface area contributed by atoms with Crippen LogP contribution in [-0.4, -0.2) is 32.6 Å². The molecule has 1 fully saturated rings. The Kier molecular flexibility index (Phi) is 5.97. The van der Waals surface area contributed by atoms with Gasteiger partial charge >= 0.3 is 0 Å². The fourth-order valence-electron chi connectivity index (χ4n) is 3.06. The van der Waals surface area contributed by atoms with E-state index in [-0.39, 0.29) is 0 Å². The minimum Gasteiger partial charge on any atom is -0.335 e. The quantitative estimate of drug-likeness (QED) is 0.796. The molecule has 1 saturated heterocycles. The number of aryl methyl sites for hydroxylation is 1. The first-order chi connectivity index (χ1) is 9.69. The number of hydrogen-bond donors (Lipinski definition) is 1. The molecule has 3 nitrogen and oxygen atoms in total. The van der Waals surface area contributed by atoms with Gasteiger partial charge in [-0.1, -0.05) is 13.8 Å². The first-order valence-corrected chi connectivity index (χ1v) is 9.05. The van der Waals surface area contributed by atoms with E-state index in [0.29, 0.717) is 10.8 Å². The highest BCUT2D eigenvalue weighted by molar-refractivity contribution is 8.00. The molecule has 20 heavy (non-hydrogen) atoms.